The average molecular weight is 422 g/mol. The molecule has 0 saturated carbocycles. The summed E-state index contributed by atoms with van der Waals surface area (Å²) in [5.41, 5.74) is 0.541. The number of β-amino-alcohol motifs (C(OH)–C–C–N with tert-alkyl or cyclic N) is 1. The molecule has 10 nitrogen and oxygen atoms in total. The van der Waals surface area contributed by atoms with E-state index < -0.39 is 11.5 Å². The lowest BCUT2D eigenvalue weighted by Crippen LogP contribution is -2.53. The number of aromatic amines is 1. The van der Waals surface area contributed by atoms with E-state index >= 15 is 0 Å². The van der Waals surface area contributed by atoms with Crippen LogP contribution in [-0.2, 0) is 4.74 Å². The van der Waals surface area contributed by atoms with E-state index in [9.17, 15) is 14.7 Å². The van der Waals surface area contributed by atoms with E-state index in [1.54, 1.807) is 6.07 Å². The summed E-state index contributed by atoms with van der Waals surface area (Å²) in [5.74, 6) is -0.774. The van der Waals surface area contributed by atoms with Gasteiger partial charge in [0.05, 0.1) is 38.2 Å². The number of ether oxygens (including phenoxy) is 1. The molecule has 160 valence electrons. The first kappa shape index (κ1) is 20.6. The second-order valence-electron chi connectivity index (χ2n) is 7.31. The zero-order valence-corrected chi connectivity index (χ0v) is 16.7. The fraction of sp³-hybridized carbons (Fsp3) is 0.286. The Morgan fingerprint density at radius 2 is 2.10 bits per heavy atom. The van der Waals surface area contributed by atoms with Gasteiger partial charge in [0.15, 0.2) is 0 Å². The number of rotatable bonds is 5. The summed E-state index contributed by atoms with van der Waals surface area (Å²) in [6.07, 6.45) is 4.21. The van der Waals surface area contributed by atoms with Gasteiger partial charge in [-0.3, -0.25) is 19.7 Å². The van der Waals surface area contributed by atoms with E-state index in [0.29, 0.717) is 17.9 Å². The molecule has 1 aliphatic rings. The highest BCUT2D eigenvalue weighted by Gasteiger charge is 2.35. The summed E-state index contributed by atoms with van der Waals surface area (Å²) in [6, 6.07) is 11.2. The predicted molar refractivity (Wildman–Crippen MR) is 110 cm³/mol. The Balaban J connectivity index is 1.43. The number of aromatic nitrogens is 4. The first-order valence-electron chi connectivity index (χ1n) is 9.78. The Bertz CT molecular complexity index is 1040. The lowest BCUT2D eigenvalue weighted by atomic mass is 10.0. The van der Waals surface area contributed by atoms with Crippen molar-refractivity contribution in [2.45, 2.75) is 5.60 Å². The number of carbonyl (C=O) groups is 2. The van der Waals surface area contributed by atoms with Gasteiger partial charge in [-0.25, -0.2) is 4.98 Å². The fourth-order valence-corrected chi connectivity index (χ4v) is 3.31. The highest BCUT2D eigenvalue weighted by Crippen LogP contribution is 2.19. The van der Waals surface area contributed by atoms with E-state index in [2.05, 4.69) is 25.5 Å². The predicted octanol–water partition coefficient (Wildman–Crippen LogP) is 0.500. The number of aliphatic hydroxyl groups is 1. The van der Waals surface area contributed by atoms with Crippen molar-refractivity contribution < 1.29 is 19.4 Å². The average Bonchev–Trinajstić information content (AvgIpc) is 3.22. The van der Waals surface area contributed by atoms with Crippen LogP contribution in [0.5, 0.6) is 0 Å². The van der Waals surface area contributed by atoms with Crippen molar-refractivity contribution >= 4 is 11.8 Å². The molecule has 3 N–H and O–H groups in total. The molecule has 3 aromatic rings. The Labute approximate surface area is 178 Å². The number of nitrogens with one attached hydrogen (secondary N) is 2. The molecule has 31 heavy (non-hydrogen) atoms. The summed E-state index contributed by atoms with van der Waals surface area (Å²) < 4.78 is 5.49. The first-order chi connectivity index (χ1) is 15.0. The molecule has 1 aromatic carbocycles. The second kappa shape index (κ2) is 9.02. The quantitative estimate of drug-likeness (QED) is 0.545. The summed E-state index contributed by atoms with van der Waals surface area (Å²) in [6.45, 7) is 0.442. The van der Waals surface area contributed by atoms with Crippen molar-refractivity contribution in [1.82, 2.24) is 30.4 Å². The van der Waals surface area contributed by atoms with E-state index in [0.717, 1.165) is 5.56 Å². The molecule has 1 aliphatic heterocycles. The topological polar surface area (TPSA) is 133 Å². The van der Waals surface area contributed by atoms with E-state index in [1.807, 2.05) is 30.3 Å². The van der Waals surface area contributed by atoms with Crippen molar-refractivity contribution in [2.75, 3.05) is 32.8 Å². The van der Waals surface area contributed by atoms with Crippen LogP contribution in [0.3, 0.4) is 0 Å². The third kappa shape index (κ3) is 4.93. The number of H-pyrrole nitrogens is 1. The monoisotopic (exact) mass is 422 g/mol. The normalized spacial score (nSPS) is 18.9. The van der Waals surface area contributed by atoms with Gasteiger partial charge in [0.25, 0.3) is 11.8 Å². The minimum atomic E-state index is -1.45. The van der Waals surface area contributed by atoms with Gasteiger partial charge in [-0.1, -0.05) is 30.3 Å². The van der Waals surface area contributed by atoms with E-state index in [1.165, 1.54) is 23.5 Å². The molecule has 0 unspecified atom stereocenters. The third-order valence-corrected chi connectivity index (χ3v) is 4.90. The summed E-state index contributed by atoms with van der Waals surface area (Å²) in [4.78, 5) is 34.5. The largest absolute Gasteiger partial charge is 0.384 e. The van der Waals surface area contributed by atoms with Crippen molar-refractivity contribution in [3.63, 3.8) is 0 Å². The van der Waals surface area contributed by atoms with Crippen molar-refractivity contribution in [1.29, 1.82) is 0 Å². The molecule has 2 amide bonds. The molecule has 0 bridgehead atoms. The van der Waals surface area contributed by atoms with E-state index in [-0.39, 0.29) is 37.9 Å². The van der Waals surface area contributed by atoms with Crippen LogP contribution in [0, 0.1) is 0 Å². The Kier molecular flexibility index (Phi) is 6.01. The molecule has 3 heterocycles. The lowest BCUT2D eigenvalue weighted by molar-refractivity contribution is -0.0324. The molecular formula is C21H22N6O4. The maximum Gasteiger partial charge on any atom is 0.272 e. The number of benzene rings is 1. The number of nitrogens with zero attached hydrogens (tertiary/aromatic N) is 4. The number of hydrogen-bond donors (Lipinski definition) is 3. The summed E-state index contributed by atoms with van der Waals surface area (Å²) >= 11 is 0. The molecule has 1 saturated heterocycles. The Morgan fingerprint density at radius 1 is 1.26 bits per heavy atom. The van der Waals surface area contributed by atoms with Gasteiger partial charge in [0, 0.05) is 24.5 Å². The molecule has 0 radical (unpaired) electrons. The number of amides is 2. The molecule has 0 aliphatic carbocycles. The van der Waals surface area contributed by atoms with Crippen molar-refractivity contribution in [2.24, 2.45) is 0 Å². The van der Waals surface area contributed by atoms with Crippen LogP contribution < -0.4 is 5.32 Å². The minimum Gasteiger partial charge on any atom is -0.384 e. The molecule has 1 fully saturated rings. The summed E-state index contributed by atoms with van der Waals surface area (Å²) in [5, 5.41) is 20.6. The van der Waals surface area contributed by atoms with Gasteiger partial charge in [0.1, 0.15) is 17.0 Å². The number of hydrogen-bond acceptors (Lipinski definition) is 7. The zero-order chi connectivity index (χ0) is 21.7. The highest BCUT2D eigenvalue weighted by molar-refractivity contribution is 5.93. The van der Waals surface area contributed by atoms with Crippen LogP contribution >= 0.6 is 0 Å². The lowest BCUT2D eigenvalue weighted by Gasteiger charge is -2.30. The van der Waals surface area contributed by atoms with Crippen molar-refractivity contribution in [3.05, 3.63) is 66.4 Å². The fourth-order valence-electron chi connectivity index (χ4n) is 3.31. The standard InChI is InChI=1S/C21H22N6O4/c28-19(18-11-22-6-7-23-18)24-12-21(30)13-27(8-9-31-14-21)20(29)17-10-16(25-26-17)15-4-2-1-3-5-15/h1-7,10-11,30H,8-9,12-14H2,(H,24,28)(H,25,26)/t21-/m1/s1. The molecule has 2 aromatic heterocycles. The first-order valence-corrected chi connectivity index (χ1v) is 9.78. The maximum atomic E-state index is 13.0. The molecule has 1 atom stereocenters. The number of carbonyl (C=O) groups excluding carboxylic acids is 2. The van der Waals surface area contributed by atoms with Crippen LogP contribution in [0.25, 0.3) is 11.3 Å². The Morgan fingerprint density at radius 3 is 2.87 bits per heavy atom. The van der Waals surface area contributed by atoms with Gasteiger partial charge in [-0.05, 0) is 6.07 Å². The smallest absolute Gasteiger partial charge is 0.272 e. The molecule has 4 rings (SSSR count). The van der Waals surface area contributed by atoms with Gasteiger partial charge >= 0.3 is 0 Å². The van der Waals surface area contributed by atoms with Crippen LogP contribution in [-0.4, -0.2) is 80.4 Å². The van der Waals surface area contributed by atoms with Crippen LogP contribution in [0.2, 0.25) is 0 Å². The van der Waals surface area contributed by atoms with Gasteiger partial charge < -0.3 is 20.1 Å². The van der Waals surface area contributed by atoms with Crippen LogP contribution in [0.4, 0.5) is 0 Å². The molecular weight excluding hydrogens is 400 g/mol. The summed E-state index contributed by atoms with van der Waals surface area (Å²) in [7, 11) is 0. The second-order valence-corrected chi connectivity index (χ2v) is 7.31. The maximum absolute atomic E-state index is 13.0. The third-order valence-electron chi connectivity index (χ3n) is 4.90. The van der Waals surface area contributed by atoms with Crippen LogP contribution in [0.15, 0.2) is 55.0 Å². The van der Waals surface area contributed by atoms with Crippen molar-refractivity contribution in [3.8, 4) is 11.3 Å². The van der Waals surface area contributed by atoms with Gasteiger partial charge in [0.2, 0.25) is 0 Å². The molecule has 0 spiro atoms. The molecule has 10 heteroatoms. The zero-order valence-electron chi connectivity index (χ0n) is 16.7. The Hall–Kier alpha value is -3.63. The minimum absolute atomic E-state index is 0.00767. The van der Waals surface area contributed by atoms with E-state index in [4.69, 9.17) is 4.74 Å². The van der Waals surface area contributed by atoms with Crippen LogP contribution in [0.1, 0.15) is 21.0 Å². The highest BCUT2D eigenvalue weighted by atomic mass is 16.5. The SMILES string of the molecule is O=C(NC[C@]1(O)COCCN(C(=O)c2cc(-c3ccccc3)n[nH]2)C1)c1cnccn1. The van der Waals surface area contributed by atoms with Gasteiger partial charge in [-0.15, -0.1) is 0 Å². The van der Waals surface area contributed by atoms with Gasteiger partial charge in [-0.2, -0.15) is 5.10 Å².